The zero-order valence-electron chi connectivity index (χ0n) is 24.9. The predicted octanol–water partition coefficient (Wildman–Crippen LogP) is 6.10. The molecule has 3 aromatic carbocycles. The Bertz CT molecular complexity index is 1700. The Hall–Kier alpha value is -5.22. The van der Waals surface area contributed by atoms with Crippen molar-refractivity contribution in [1.82, 2.24) is 15.2 Å². The standard InChI is InChI=1S/C34H36N8O2/c1-22-20-26(44-2)13-14-28(22)40-34(43)38-25-15-18-41(19-16-25)21-23-9-11-24(12-10-23)31(35)42-30-8-5-17-37-33(30)39-29-7-4-3-6-27(29)32(42)36/h3-14,17,20,25,35-36H,15-16,18-19,21H2,1-2H3,(H,37,39)(H2,38,40,43). The maximum Gasteiger partial charge on any atom is 0.319 e. The van der Waals surface area contributed by atoms with Gasteiger partial charge in [0, 0.05) is 48.7 Å². The molecule has 0 unspecified atom stereocenters. The van der Waals surface area contributed by atoms with Crippen LogP contribution >= 0.6 is 0 Å². The van der Waals surface area contributed by atoms with Gasteiger partial charge in [-0.15, -0.1) is 0 Å². The molecule has 6 rings (SSSR count). The molecule has 44 heavy (non-hydrogen) atoms. The van der Waals surface area contributed by atoms with Crippen molar-refractivity contribution in [2.45, 2.75) is 32.4 Å². The third-order valence-electron chi connectivity index (χ3n) is 8.15. The Morgan fingerprint density at radius 1 is 1.05 bits per heavy atom. The van der Waals surface area contributed by atoms with Crippen LogP contribution in [0, 0.1) is 17.7 Å². The number of methoxy groups -OCH3 is 1. The molecule has 0 spiro atoms. The van der Waals surface area contributed by atoms with Crippen LogP contribution in [0.5, 0.6) is 5.75 Å². The minimum absolute atomic E-state index is 0.119. The lowest BCUT2D eigenvalue weighted by Gasteiger charge is -2.32. The highest BCUT2D eigenvalue weighted by atomic mass is 16.5. The van der Waals surface area contributed by atoms with Crippen molar-refractivity contribution in [1.29, 1.82) is 10.8 Å². The highest BCUT2D eigenvalue weighted by molar-refractivity contribution is 6.30. The molecule has 4 aromatic rings. The van der Waals surface area contributed by atoms with Crippen LogP contribution in [0.25, 0.3) is 0 Å². The molecule has 2 aliphatic rings. The number of nitrogens with zero attached hydrogens (tertiary/aromatic N) is 3. The number of carbonyl (C=O) groups excluding carboxylic acids is 1. The van der Waals surface area contributed by atoms with E-state index in [-0.39, 0.29) is 23.7 Å². The molecule has 3 heterocycles. The fraction of sp³-hybridized carbons (Fsp3) is 0.235. The molecule has 2 aliphatic heterocycles. The van der Waals surface area contributed by atoms with Crippen molar-refractivity contribution in [2.75, 3.05) is 35.7 Å². The van der Waals surface area contributed by atoms with Gasteiger partial charge in [0.1, 0.15) is 17.4 Å². The third-order valence-corrected chi connectivity index (χ3v) is 8.15. The summed E-state index contributed by atoms with van der Waals surface area (Å²) < 4.78 is 5.24. The van der Waals surface area contributed by atoms with E-state index in [1.807, 2.05) is 73.7 Å². The highest BCUT2D eigenvalue weighted by Crippen LogP contribution is 2.35. The van der Waals surface area contributed by atoms with E-state index in [0.29, 0.717) is 22.6 Å². The number of piperidine rings is 1. The van der Waals surface area contributed by atoms with Gasteiger partial charge in [-0.1, -0.05) is 36.4 Å². The van der Waals surface area contributed by atoms with E-state index >= 15 is 0 Å². The molecule has 0 bridgehead atoms. The average Bonchev–Trinajstić information content (AvgIpc) is 3.16. The fourth-order valence-corrected chi connectivity index (χ4v) is 5.71. The molecule has 0 aliphatic carbocycles. The first kappa shape index (κ1) is 28.9. The largest absolute Gasteiger partial charge is 0.497 e. The van der Waals surface area contributed by atoms with Gasteiger partial charge in [-0.2, -0.15) is 0 Å². The molecule has 2 amide bonds. The fourth-order valence-electron chi connectivity index (χ4n) is 5.71. The summed E-state index contributed by atoms with van der Waals surface area (Å²) in [5.74, 6) is 1.80. The van der Waals surface area contributed by atoms with E-state index in [1.54, 1.807) is 18.2 Å². The van der Waals surface area contributed by atoms with Gasteiger partial charge in [0.05, 0.1) is 18.5 Å². The summed E-state index contributed by atoms with van der Waals surface area (Å²) in [5, 5.41) is 27.5. The van der Waals surface area contributed by atoms with Crippen LogP contribution in [0.15, 0.2) is 85.1 Å². The van der Waals surface area contributed by atoms with Crippen LogP contribution in [-0.4, -0.2) is 53.8 Å². The summed E-state index contributed by atoms with van der Waals surface area (Å²) in [4.78, 5) is 21.1. The number of ether oxygens (including phenoxy) is 1. The Kier molecular flexibility index (Phi) is 8.25. The summed E-state index contributed by atoms with van der Waals surface area (Å²) in [6, 6.07) is 24.8. The molecule has 10 heteroatoms. The van der Waals surface area contributed by atoms with E-state index in [1.165, 1.54) is 0 Å². The number of urea groups is 1. The number of likely N-dealkylation sites (tertiary alicyclic amines) is 1. The minimum atomic E-state index is -0.190. The van der Waals surface area contributed by atoms with Gasteiger partial charge in [-0.25, -0.2) is 9.78 Å². The SMILES string of the molecule is COc1ccc(NC(=O)NC2CCN(Cc3ccc(C(=N)N4C(=N)c5ccccc5Nc5ncccc54)cc3)CC2)c(C)c1. The second kappa shape index (κ2) is 12.6. The lowest BCUT2D eigenvalue weighted by molar-refractivity contribution is 0.190. The van der Waals surface area contributed by atoms with Crippen LogP contribution in [0.4, 0.5) is 27.7 Å². The van der Waals surface area contributed by atoms with Crippen molar-refractivity contribution >= 4 is 40.6 Å². The van der Waals surface area contributed by atoms with Crippen molar-refractivity contribution in [3.8, 4) is 5.75 Å². The maximum atomic E-state index is 12.6. The average molecular weight is 589 g/mol. The molecular weight excluding hydrogens is 552 g/mol. The lowest BCUT2D eigenvalue weighted by Crippen LogP contribution is -2.45. The number of hydrogen-bond acceptors (Lipinski definition) is 7. The van der Waals surface area contributed by atoms with Crippen molar-refractivity contribution < 1.29 is 9.53 Å². The number of hydrogen-bond donors (Lipinski definition) is 5. The second-order valence-electron chi connectivity index (χ2n) is 11.1. The summed E-state index contributed by atoms with van der Waals surface area (Å²) >= 11 is 0. The molecule has 1 aromatic heterocycles. The van der Waals surface area contributed by atoms with E-state index in [0.717, 1.165) is 60.7 Å². The van der Waals surface area contributed by atoms with Gasteiger partial charge in [-0.3, -0.25) is 20.6 Å². The van der Waals surface area contributed by atoms with Gasteiger partial charge in [0.25, 0.3) is 0 Å². The molecule has 1 saturated heterocycles. The second-order valence-corrected chi connectivity index (χ2v) is 11.1. The normalized spacial score (nSPS) is 15.0. The zero-order valence-corrected chi connectivity index (χ0v) is 24.9. The topological polar surface area (TPSA) is 129 Å². The molecular formula is C34H36N8O2. The van der Waals surface area contributed by atoms with Gasteiger partial charge in [-0.05, 0) is 73.4 Å². The van der Waals surface area contributed by atoms with Gasteiger partial charge in [0.2, 0.25) is 0 Å². The Balaban J connectivity index is 1.05. The van der Waals surface area contributed by atoms with Crippen LogP contribution in [-0.2, 0) is 6.54 Å². The monoisotopic (exact) mass is 588 g/mol. The molecule has 224 valence electrons. The maximum absolute atomic E-state index is 12.6. The van der Waals surface area contributed by atoms with E-state index in [9.17, 15) is 4.79 Å². The number of fused-ring (bicyclic) bond motifs is 2. The number of para-hydroxylation sites is 1. The first-order valence-corrected chi connectivity index (χ1v) is 14.7. The summed E-state index contributed by atoms with van der Waals surface area (Å²) in [6.07, 6.45) is 3.45. The molecule has 0 radical (unpaired) electrons. The molecule has 0 atom stereocenters. The van der Waals surface area contributed by atoms with E-state index < -0.39 is 0 Å². The molecule has 1 fully saturated rings. The number of nitrogens with one attached hydrogen (secondary N) is 5. The number of rotatable bonds is 6. The number of amides is 2. The van der Waals surface area contributed by atoms with E-state index in [2.05, 4.69) is 38.0 Å². The zero-order chi connectivity index (χ0) is 30.6. The number of pyridine rings is 1. The molecule has 5 N–H and O–H groups in total. The Morgan fingerprint density at radius 3 is 2.57 bits per heavy atom. The van der Waals surface area contributed by atoms with Crippen LogP contribution in [0.2, 0.25) is 0 Å². The number of aromatic nitrogens is 1. The highest BCUT2D eigenvalue weighted by Gasteiger charge is 2.28. The number of anilines is 4. The summed E-state index contributed by atoms with van der Waals surface area (Å²) in [7, 11) is 1.63. The number of amidine groups is 2. The van der Waals surface area contributed by atoms with E-state index in [4.69, 9.17) is 15.6 Å². The number of benzene rings is 3. The van der Waals surface area contributed by atoms with Crippen LogP contribution in [0.3, 0.4) is 0 Å². The Morgan fingerprint density at radius 2 is 1.82 bits per heavy atom. The van der Waals surface area contributed by atoms with Gasteiger partial charge >= 0.3 is 6.03 Å². The molecule has 0 saturated carbocycles. The molecule has 10 nitrogen and oxygen atoms in total. The Labute approximate surface area is 257 Å². The third kappa shape index (κ3) is 6.11. The number of carbonyl (C=O) groups is 1. The van der Waals surface area contributed by atoms with Crippen molar-refractivity contribution in [3.63, 3.8) is 0 Å². The van der Waals surface area contributed by atoms with Crippen molar-refractivity contribution in [3.05, 3.63) is 107 Å². The first-order chi connectivity index (χ1) is 21.4. The lowest BCUT2D eigenvalue weighted by atomic mass is 10.0. The quantitative estimate of drug-likeness (QED) is 0.137. The van der Waals surface area contributed by atoms with Gasteiger partial charge < -0.3 is 20.7 Å². The number of aryl methyl sites for hydroxylation is 1. The first-order valence-electron chi connectivity index (χ1n) is 14.7. The summed E-state index contributed by atoms with van der Waals surface area (Å²) in [6.45, 7) is 4.50. The van der Waals surface area contributed by atoms with Crippen LogP contribution < -0.4 is 25.6 Å². The predicted molar refractivity (Wildman–Crippen MR) is 175 cm³/mol. The van der Waals surface area contributed by atoms with Crippen molar-refractivity contribution in [2.24, 2.45) is 0 Å². The summed E-state index contributed by atoms with van der Waals surface area (Å²) in [5.41, 5.74) is 5.74. The smallest absolute Gasteiger partial charge is 0.319 e. The minimum Gasteiger partial charge on any atom is -0.497 e. The van der Waals surface area contributed by atoms with Gasteiger partial charge in [0.15, 0.2) is 5.82 Å². The van der Waals surface area contributed by atoms with Crippen LogP contribution in [0.1, 0.15) is 35.1 Å².